The van der Waals surface area contributed by atoms with Gasteiger partial charge in [-0.1, -0.05) is 13.0 Å². The minimum absolute atomic E-state index is 0.372. The number of aromatic nitrogens is 2. The Morgan fingerprint density at radius 2 is 1.05 bits per heavy atom. The molecule has 0 radical (unpaired) electrons. The van der Waals surface area contributed by atoms with Gasteiger partial charge in [0, 0.05) is 74.7 Å². The van der Waals surface area contributed by atoms with Crippen LogP contribution in [-0.2, 0) is 13.1 Å². The highest BCUT2D eigenvalue weighted by Crippen LogP contribution is 2.40. The van der Waals surface area contributed by atoms with E-state index in [2.05, 4.69) is 35.8 Å². The smallest absolute Gasteiger partial charge is 0.387 e. The highest BCUT2D eigenvalue weighted by molar-refractivity contribution is 7.99. The molecule has 0 bridgehead atoms. The van der Waals surface area contributed by atoms with Gasteiger partial charge in [0.2, 0.25) is 0 Å². The van der Waals surface area contributed by atoms with E-state index in [1.807, 2.05) is 70.7 Å². The minimum atomic E-state index is -3.19. The molecule has 0 saturated carbocycles. The number of hydrogen-bond acceptors (Lipinski definition) is 11. The number of rotatable bonds is 19. The number of alkyl halides is 8. The predicted molar refractivity (Wildman–Crippen MR) is 219 cm³/mol. The van der Waals surface area contributed by atoms with Crippen LogP contribution in [0.1, 0.15) is 17.4 Å². The second kappa shape index (κ2) is 22.8. The summed E-state index contributed by atoms with van der Waals surface area (Å²) >= 11 is 4.73. The number of thiazole rings is 1. The standard InChI is InChI=1S/C22H20F4N2O2S.C19H16F4N2O2S2/c1-2-31-18-8-5-16(6-9-18)28(14-15-4-3-11-27-13-15)17-7-10-19(29-21(23)24)20(12-17)30-22(25)26;1-28-14-5-2-12(3-6-14)25(10-15-9-24-11-29-15)13-4-7-16(26-18(20)21)17(8-13)27-19(22)23/h3-13,21-22H,2,14H2,1H3;2-9,11,18-19H,10H2,1H3. The quantitative estimate of drug-likeness (QED) is 0.0580. The molecule has 60 heavy (non-hydrogen) atoms. The number of hydrogen-bond donors (Lipinski definition) is 0. The van der Waals surface area contributed by atoms with Crippen LogP contribution in [0.15, 0.2) is 131 Å². The van der Waals surface area contributed by atoms with Gasteiger partial charge >= 0.3 is 26.4 Å². The molecule has 2 heterocycles. The second-order valence-corrected chi connectivity index (χ2v) is 15.1. The Kier molecular flexibility index (Phi) is 17.4. The van der Waals surface area contributed by atoms with Crippen molar-refractivity contribution < 1.29 is 54.1 Å². The predicted octanol–water partition coefficient (Wildman–Crippen LogP) is 13.1. The van der Waals surface area contributed by atoms with Crippen molar-refractivity contribution in [1.29, 1.82) is 0 Å². The normalized spacial score (nSPS) is 11.1. The van der Waals surface area contributed by atoms with Crippen molar-refractivity contribution in [1.82, 2.24) is 9.97 Å². The van der Waals surface area contributed by atoms with Crippen molar-refractivity contribution in [3.8, 4) is 23.0 Å². The Balaban J connectivity index is 0.000000228. The van der Waals surface area contributed by atoms with E-state index in [-0.39, 0.29) is 0 Å². The van der Waals surface area contributed by atoms with Gasteiger partial charge in [0.05, 0.1) is 12.1 Å². The lowest BCUT2D eigenvalue weighted by atomic mass is 10.2. The first-order valence-corrected chi connectivity index (χ1v) is 20.8. The zero-order valence-corrected chi connectivity index (χ0v) is 34.1. The van der Waals surface area contributed by atoms with Crippen LogP contribution in [0.5, 0.6) is 23.0 Å². The molecule has 8 nitrogen and oxygen atoms in total. The van der Waals surface area contributed by atoms with E-state index in [0.717, 1.165) is 37.4 Å². The molecule has 0 atom stereocenters. The summed E-state index contributed by atoms with van der Waals surface area (Å²) in [6, 6.07) is 27.0. The molecule has 0 spiro atoms. The van der Waals surface area contributed by atoms with Gasteiger partial charge in [0.25, 0.3) is 0 Å². The first kappa shape index (κ1) is 45.7. The maximum atomic E-state index is 12.9. The topological polar surface area (TPSA) is 69.2 Å². The van der Waals surface area contributed by atoms with Crippen molar-refractivity contribution in [2.45, 2.75) is 56.3 Å². The van der Waals surface area contributed by atoms with Gasteiger partial charge in [0.15, 0.2) is 23.0 Å². The van der Waals surface area contributed by atoms with Crippen LogP contribution in [0, 0.1) is 0 Å². The van der Waals surface area contributed by atoms with Gasteiger partial charge in [0.1, 0.15) is 0 Å². The molecule has 2 aromatic heterocycles. The van der Waals surface area contributed by atoms with Crippen LogP contribution in [0.4, 0.5) is 57.9 Å². The molecule has 6 aromatic rings. The molecule has 0 unspecified atom stereocenters. The van der Waals surface area contributed by atoms with E-state index in [1.165, 1.54) is 47.7 Å². The summed E-state index contributed by atoms with van der Waals surface area (Å²) in [7, 11) is 0. The monoisotopic (exact) mass is 896 g/mol. The summed E-state index contributed by atoms with van der Waals surface area (Å²) < 4.78 is 119. The number of anilines is 4. The number of halogens is 8. The lowest BCUT2D eigenvalue weighted by Crippen LogP contribution is -2.17. The molecule has 0 fully saturated rings. The maximum absolute atomic E-state index is 12.9. The largest absolute Gasteiger partial charge is 0.431 e. The third-order valence-corrected chi connectivity index (χ3v) is 10.4. The van der Waals surface area contributed by atoms with Crippen LogP contribution >= 0.6 is 34.9 Å². The van der Waals surface area contributed by atoms with Crippen LogP contribution < -0.4 is 28.7 Å². The van der Waals surface area contributed by atoms with Gasteiger partial charge in [-0.05, 0) is 96.4 Å². The van der Waals surface area contributed by atoms with E-state index in [4.69, 9.17) is 0 Å². The van der Waals surface area contributed by atoms with Crippen molar-refractivity contribution in [3.05, 3.63) is 132 Å². The Labute approximate surface area is 353 Å². The van der Waals surface area contributed by atoms with E-state index in [0.29, 0.717) is 24.5 Å². The molecular weight excluding hydrogens is 861 g/mol. The SMILES string of the molecule is CCSc1ccc(N(Cc2cccnc2)c2ccc(OC(F)F)c(OC(F)F)c2)cc1.CSc1ccc(N(Cc2cncs2)c2ccc(OC(F)F)c(OC(F)F)c2)cc1. The molecule has 0 aliphatic heterocycles. The second-order valence-electron chi connectivity index (χ2n) is 11.9. The summed E-state index contributed by atoms with van der Waals surface area (Å²) in [5, 5.41) is 0. The van der Waals surface area contributed by atoms with E-state index in [1.54, 1.807) is 53.7 Å². The number of nitrogens with zero attached hydrogens (tertiary/aromatic N) is 4. The van der Waals surface area contributed by atoms with Gasteiger partial charge in [-0.25, -0.2) is 0 Å². The summed E-state index contributed by atoms with van der Waals surface area (Å²) in [6.07, 6.45) is 7.01. The molecule has 0 amide bonds. The Hall–Kier alpha value is -5.40. The fourth-order valence-electron chi connectivity index (χ4n) is 5.56. The van der Waals surface area contributed by atoms with Crippen molar-refractivity contribution in [3.63, 3.8) is 0 Å². The number of thioether (sulfide) groups is 2. The first-order chi connectivity index (χ1) is 28.9. The summed E-state index contributed by atoms with van der Waals surface area (Å²) in [5.74, 6) is -0.928. The Morgan fingerprint density at radius 3 is 1.48 bits per heavy atom. The molecular formula is C41H36F8N4O4S3. The molecule has 0 saturated heterocycles. The molecule has 19 heteroatoms. The molecule has 0 N–H and O–H groups in total. The Bertz CT molecular complexity index is 2180. The summed E-state index contributed by atoms with van der Waals surface area (Å²) in [6.45, 7) is -9.85. The molecule has 318 valence electrons. The maximum Gasteiger partial charge on any atom is 0.387 e. The van der Waals surface area contributed by atoms with Crippen molar-refractivity contribution in [2.75, 3.05) is 21.8 Å². The Morgan fingerprint density at radius 1 is 0.567 bits per heavy atom. The lowest BCUT2D eigenvalue weighted by Gasteiger charge is -2.26. The average Bonchev–Trinajstić information content (AvgIpc) is 3.74. The van der Waals surface area contributed by atoms with Gasteiger partial charge in [-0.2, -0.15) is 35.1 Å². The number of pyridine rings is 1. The summed E-state index contributed by atoms with van der Waals surface area (Å²) in [5.41, 5.74) is 5.09. The highest BCUT2D eigenvalue weighted by atomic mass is 32.2. The fraction of sp³-hybridized carbons (Fsp3) is 0.220. The first-order valence-electron chi connectivity index (χ1n) is 17.7. The number of ether oxygens (including phenoxy) is 4. The molecule has 4 aromatic carbocycles. The van der Waals surface area contributed by atoms with Crippen molar-refractivity contribution in [2.24, 2.45) is 0 Å². The van der Waals surface area contributed by atoms with Crippen LogP contribution in [0.25, 0.3) is 0 Å². The molecule has 0 aliphatic rings. The van der Waals surface area contributed by atoms with E-state index < -0.39 is 49.4 Å². The third-order valence-electron chi connectivity index (χ3n) is 8.05. The van der Waals surface area contributed by atoms with E-state index >= 15 is 0 Å². The van der Waals surface area contributed by atoms with Gasteiger partial charge in [-0.15, -0.1) is 34.9 Å². The van der Waals surface area contributed by atoms with Crippen LogP contribution in [-0.4, -0.2) is 48.4 Å². The lowest BCUT2D eigenvalue weighted by molar-refractivity contribution is -0.0692. The molecule has 6 rings (SSSR count). The third kappa shape index (κ3) is 13.8. The van der Waals surface area contributed by atoms with Crippen LogP contribution in [0.2, 0.25) is 0 Å². The average molecular weight is 897 g/mol. The fourth-order valence-corrected chi connectivity index (χ4v) is 7.21. The zero-order valence-electron chi connectivity index (χ0n) is 31.6. The van der Waals surface area contributed by atoms with E-state index in [9.17, 15) is 35.1 Å². The van der Waals surface area contributed by atoms with Gasteiger partial charge < -0.3 is 28.7 Å². The molecule has 0 aliphatic carbocycles. The van der Waals surface area contributed by atoms with Crippen LogP contribution in [0.3, 0.4) is 0 Å². The van der Waals surface area contributed by atoms with Crippen molar-refractivity contribution >= 4 is 57.6 Å². The minimum Gasteiger partial charge on any atom is -0.431 e. The van der Waals surface area contributed by atoms with Gasteiger partial charge in [-0.3, -0.25) is 9.97 Å². The zero-order chi connectivity index (χ0) is 43.0. The summed E-state index contributed by atoms with van der Waals surface area (Å²) in [4.78, 5) is 15.0. The highest BCUT2D eigenvalue weighted by Gasteiger charge is 2.21. The number of benzene rings is 4.